The van der Waals surface area contributed by atoms with Crippen molar-refractivity contribution in [2.45, 2.75) is 25.6 Å². The van der Waals surface area contributed by atoms with E-state index in [2.05, 4.69) is 25.5 Å². The van der Waals surface area contributed by atoms with Gasteiger partial charge in [-0.1, -0.05) is 25.1 Å². The molecule has 0 aliphatic carbocycles. The van der Waals surface area contributed by atoms with Gasteiger partial charge in [0.15, 0.2) is 5.75 Å². The number of ether oxygens (including phenoxy) is 1. The quantitative estimate of drug-likeness (QED) is 0.182. The second kappa shape index (κ2) is 11.8. The number of alkyl halides is 3. The van der Waals surface area contributed by atoms with E-state index in [1.54, 1.807) is 6.92 Å². The number of anilines is 3. The van der Waals surface area contributed by atoms with Crippen LogP contribution in [0.4, 0.5) is 34.9 Å². The van der Waals surface area contributed by atoms with E-state index in [9.17, 15) is 30.8 Å². The van der Waals surface area contributed by atoms with Crippen LogP contribution in [0.3, 0.4) is 0 Å². The van der Waals surface area contributed by atoms with Gasteiger partial charge < -0.3 is 15.8 Å². The summed E-state index contributed by atoms with van der Waals surface area (Å²) in [5, 5.41) is 9.62. The maximum atomic E-state index is 13.5. The third-order valence-electron chi connectivity index (χ3n) is 5.58. The van der Waals surface area contributed by atoms with Crippen molar-refractivity contribution in [3.05, 3.63) is 78.0 Å². The Labute approximate surface area is 231 Å². The molecule has 2 heterocycles. The van der Waals surface area contributed by atoms with Crippen molar-refractivity contribution in [2.24, 2.45) is 5.73 Å². The summed E-state index contributed by atoms with van der Waals surface area (Å²) < 4.78 is 84.6. The number of sulfonamides is 1. The molecule has 0 spiro atoms. The van der Waals surface area contributed by atoms with E-state index in [1.807, 2.05) is 4.72 Å². The summed E-state index contributed by atoms with van der Waals surface area (Å²) in [5.74, 6) is -3.31. The molecule has 216 valence electrons. The highest BCUT2D eigenvalue weighted by molar-refractivity contribution is 7.92. The second-order valence-corrected chi connectivity index (χ2v) is 10.4. The Morgan fingerprint density at radius 2 is 1.88 bits per heavy atom. The van der Waals surface area contributed by atoms with Gasteiger partial charge in [0, 0.05) is 18.0 Å². The lowest BCUT2D eigenvalue weighted by Gasteiger charge is -2.21. The highest BCUT2D eigenvalue weighted by Crippen LogP contribution is 2.37. The fraction of sp³-hybridized carbons (Fsp3) is 0.200. The maximum Gasteiger partial charge on any atom is 0.404 e. The zero-order chi connectivity index (χ0) is 29.8. The van der Waals surface area contributed by atoms with Crippen LogP contribution in [0.15, 0.2) is 61.1 Å². The minimum atomic E-state index is -5.00. The van der Waals surface area contributed by atoms with Gasteiger partial charge in [0.1, 0.15) is 40.6 Å². The number of H-pyrrole nitrogens is 1. The lowest BCUT2D eigenvalue weighted by atomic mass is 10.0. The van der Waals surface area contributed by atoms with Crippen LogP contribution in [0, 0.1) is 5.82 Å². The first-order valence-corrected chi connectivity index (χ1v) is 13.6. The molecule has 11 nitrogen and oxygen atoms in total. The number of aromatic nitrogens is 4. The maximum absolute atomic E-state index is 13.5. The molecule has 5 N–H and O–H groups in total. The molecule has 0 saturated heterocycles. The number of nitrogens with one attached hydrogen (secondary N) is 3. The first-order chi connectivity index (χ1) is 19.3. The van der Waals surface area contributed by atoms with E-state index in [1.165, 1.54) is 61.1 Å². The fourth-order valence-electron chi connectivity index (χ4n) is 3.86. The Bertz CT molecular complexity index is 1630. The number of aromatic amines is 1. The number of halogens is 4. The summed E-state index contributed by atoms with van der Waals surface area (Å²) in [6.45, 7) is 1.74. The van der Waals surface area contributed by atoms with E-state index in [-0.39, 0.29) is 39.9 Å². The molecule has 0 aliphatic rings. The molecule has 1 atom stereocenters. The van der Waals surface area contributed by atoms with Crippen molar-refractivity contribution in [1.82, 2.24) is 20.2 Å². The van der Waals surface area contributed by atoms with Crippen molar-refractivity contribution in [2.75, 3.05) is 15.8 Å². The number of rotatable bonds is 11. The number of nitrogens with zero attached hydrogens (tertiary/aromatic N) is 3. The lowest BCUT2D eigenvalue weighted by molar-refractivity contribution is -0.106. The molecule has 0 radical (unpaired) electrons. The van der Waals surface area contributed by atoms with E-state index in [0.29, 0.717) is 12.0 Å². The van der Waals surface area contributed by atoms with Crippen LogP contribution in [-0.2, 0) is 10.0 Å². The molecule has 1 unspecified atom stereocenters. The summed E-state index contributed by atoms with van der Waals surface area (Å²) in [5.41, 5.74) is 6.01. The molecule has 0 bridgehead atoms. The molecule has 2 aromatic heterocycles. The fourth-order valence-corrected chi connectivity index (χ4v) is 4.87. The number of carbonyl (C=O) groups is 1. The van der Waals surface area contributed by atoms with Crippen LogP contribution in [0.5, 0.6) is 5.75 Å². The van der Waals surface area contributed by atoms with Gasteiger partial charge in [0.2, 0.25) is 10.0 Å². The van der Waals surface area contributed by atoms with Gasteiger partial charge >= 0.3 is 6.18 Å². The van der Waals surface area contributed by atoms with E-state index in [4.69, 9.17) is 10.5 Å². The van der Waals surface area contributed by atoms with Gasteiger partial charge in [-0.05, 0) is 36.2 Å². The highest BCUT2D eigenvalue weighted by atomic mass is 32.2. The van der Waals surface area contributed by atoms with Crippen LogP contribution < -0.4 is 20.5 Å². The topological polar surface area (TPSA) is 165 Å². The molecule has 0 saturated carbocycles. The van der Waals surface area contributed by atoms with Gasteiger partial charge in [0.25, 0.3) is 5.91 Å². The average Bonchev–Trinajstić information content (AvgIpc) is 3.31. The molecule has 41 heavy (non-hydrogen) atoms. The minimum Gasteiger partial charge on any atom is -0.484 e. The minimum absolute atomic E-state index is 0.0354. The molecule has 1 amide bonds. The number of benzene rings is 2. The van der Waals surface area contributed by atoms with Crippen LogP contribution in [0.25, 0.3) is 11.3 Å². The van der Waals surface area contributed by atoms with Crippen molar-refractivity contribution in [3.8, 4) is 17.0 Å². The average molecular weight is 594 g/mol. The normalized spacial score (nSPS) is 12.5. The van der Waals surface area contributed by atoms with E-state index < -0.39 is 39.8 Å². The highest BCUT2D eigenvalue weighted by Gasteiger charge is 2.35. The van der Waals surface area contributed by atoms with E-state index in [0.717, 1.165) is 0 Å². The molecule has 2 aromatic carbocycles. The Balaban J connectivity index is 1.77. The molecule has 4 aromatic rings. The molecule has 16 heteroatoms. The Hall–Kier alpha value is -4.73. The number of hydrogen-bond donors (Lipinski definition) is 4. The van der Waals surface area contributed by atoms with Crippen LogP contribution in [0.1, 0.15) is 35.4 Å². The summed E-state index contributed by atoms with van der Waals surface area (Å²) in [7, 11) is -4.88. The summed E-state index contributed by atoms with van der Waals surface area (Å²) in [6, 6.07) is 9.14. The summed E-state index contributed by atoms with van der Waals surface area (Å²) >= 11 is 0. The SMILES string of the molecule is CCC(Oc1cc(-c2n[nH]c(Nc3cnccn3)c2C(N)=O)ccc1NS(=O)(=O)CC(F)(F)F)c1ccc(F)cc1. The van der Waals surface area contributed by atoms with Gasteiger partial charge in [-0.3, -0.25) is 19.6 Å². The predicted molar refractivity (Wildman–Crippen MR) is 141 cm³/mol. The number of hydrogen-bond acceptors (Lipinski definition) is 8. The standard InChI is InChI=1S/C25H23F4N7O4S/c1-2-18(14-3-6-16(26)7-4-14)40-19-11-15(5-8-17(19)36-41(38,39)13-25(27,28)29)22-21(23(30)37)24(35-34-22)33-20-12-31-9-10-32-20/h3-12,18,36H,2,13H2,1H3,(H2,30,37)(H2,32,33,34,35). The number of carbonyl (C=O) groups excluding carboxylic acids is 1. The smallest absolute Gasteiger partial charge is 0.404 e. The van der Waals surface area contributed by atoms with Gasteiger partial charge in [-0.2, -0.15) is 18.3 Å². The molecule has 0 fully saturated rings. The Morgan fingerprint density at radius 3 is 2.49 bits per heavy atom. The molecule has 4 rings (SSSR count). The summed E-state index contributed by atoms with van der Waals surface area (Å²) in [4.78, 5) is 20.4. The lowest BCUT2D eigenvalue weighted by Crippen LogP contribution is -2.28. The van der Waals surface area contributed by atoms with Crippen molar-refractivity contribution >= 4 is 33.3 Å². The predicted octanol–water partition coefficient (Wildman–Crippen LogP) is 4.68. The number of amides is 1. The van der Waals surface area contributed by atoms with Crippen LogP contribution >= 0.6 is 0 Å². The third kappa shape index (κ3) is 7.47. The first kappa shape index (κ1) is 29.3. The summed E-state index contributed by atoms with van der Waals surface area (Å²) in [6.07, 6.45) is -1.17. The van der Waals surface area contributed by atoms with Crippen molar-refractivity contribution < 1.29 is 35.5 Å². The van der Waals surface area contributed by atoms with Crippen LogP contribution in [-0.4, -0.2) is 46.4 Å². The number of nitrogens with two attached hydrogens (primary N) is 1. The largest absolute Gasteiger partial charge is 0.484 e. The van der Waals surface area contributed by atoms with Crippen molar-refractivity contribution in [3.63, 3.8) is 0 Å². The van der Waals surface area contributed by atoms with Gasteiger partial charge in [-0.15, -0.1) is 0 Å². The van der Waals surface area contributed by atoms with Crippen LogP contribution in [0.2, 0.25) is 0 Å². The molecule has 0 aliphatic heterocycles. The van der Waals surface area contributed by atoms with Crippen molar-refractivity contribution in [1.29, 1.82) is 0 Å². The zero-order valence-corrected chi connectivity index (χ0v) is 22.1. The van der Waals surface area contributed by atoms with Gasteiger partial charge in [0.05, 0.1) is 11.9 Å². The monoisotopic (exact) mass is 593 g/mol. The Kier molecular flexibility index (Phi) is 8.41. The number of primary amides is 1. The first-order valence-electron chi connectivity index (χ1n) is 11.9. The second-order valence-electron chi connectivity index (χ2n) is 8.66. The zero-order valence-electron chi connectivity index (χ0n) is 21.2. The van der Waals surface area contributed by atoms with Gasteiger partial charge in [-0.25, -0.2) is 17.8 Å². The third-order valence-corrected chi connectivity index (χ3v) is 6.82. The van der Waals surface area contributed by atoms with E-state index >= 15 is 0 Å². The molecular formula is C25H23F4N7O4S. The Morgan fingerprint density at radius 1 is 1.15 bits per heavy atom. The molecular weight excluding hydrogens is 570 g/mol.